The second kappa shape index (κ2) is 31.3. The highest BCUT2D eigenvalue weighted by Crippen LogP contribution is 2.15. The van der Waals surface area contributed by atoms with Crippen LogP contribution in [0.1, 0.15) is 157 Å². The molecule has 0 aromatic carbocycles. The van der Waals surface area contributed by atoms with Crippen LogP contribution in [-0.4, -0.2) is 74.6 Å². The van der Waals surface area contributed by atoms with E-state index in [1.54, 1.807) is 0 Å². The molecule has 7 nitrogen and oxygen atoms in total. The predicted molar refractivity (Wildman–Crippen MR) is 178 cm³/mol. The molecule has 0 aromatic rings. The Morgan fingerprint density at radius 1 is 0.488 bits per heavy atom. The van der Waals surface area contributed by atoms with Crippen molar-refractivity contribution in [2.45, 2.75) is 188 Å². The van der Waals surface area contributed by atoms with E-state index in [-0.39, 0.29) is 30.5 Å². The highest BCUT2D eigenvalue weighted by atomic mass is 16.6. The number of carboxylic acids is 1. The molecule has 0 saturated carbocycles. The zero-order chi connectivity index (χ0) is 32.0. The van der Waals surface area contributed by atoms with Crippen LogP contribution in [0.25, 0.3) is 0 Å². The lowest BCUT2D eigenvalue weighted by Gasteiger charge is -2.22. The second-order valence-electron chi connectivity index (χ2n) is 12.7. The van der Waals surface area contributed by atoms with Crippen LogP contribution in [0.4, 0.5) is 0 Å². The van der Waals surface area contributed by atoms with Crippen molar-refractivity contribution in [3.05, 3.63) is 6.42 Å². The van der Waals surface area contributed by atoms with Crippen molar-refractivity contribution in [2.75, 3.05) is 33.0 Å². The summed E-state index contributed by atoms with van der Waals surface area (Å²) in [7, 11) is 0. The Labute approximate surface area is 266 Å². The molecule has 0 aliphatic carbocycles. The van der Waals surface area contributed by atoms with Gasteiger partial charge in [-0.1, -0.05) is 103 Å². The summed E-state index contributed by atoms with van der Waals surface area (Å²) in [5, 5.41) is 8.64. The van der Waals surface area contributed by atoms with Crippen molar-refractivity contribution < 1.29 is 33.6 Å². The highest BCUT2D eigenvalue weighted by Gasteiger charge is 2.12. The minimum absolute atomic E-state index is 0.0133. The number of hydrogen-bond donors (Lipinski definition) is 1. The van der Waals surface area contributed by atoms with Crippen molar-refractivity contribution in [1.82, 2.24) is 0 Å². The van der Waals surface area contributed by atoms with E-state index >= 15 is 0 Å². The van der Waals surface area contributed by atoms with Crippen LogP contribution in [0.2, 0.25) is 0 Å². The molecule has 0 aliphatic rings. The highest BCUT2D eigenvalue weighted by molar-refractivity contribution is 5.66. The number of carbonyl (C=O) groups is 1. The maximum absolute atomic E-state index is 10.5. The molecular formula is C36H71O7. The van der Waals surface area contributed by atoms with Gasteiger partial charge >= 0.3 is 5.97 Å². The number of unbranched alkanes of at least 4 members (excludes halogenated alkanes) is 15. The van der Waals surface area contributed by atoms with Gasteiger partial charge in [-0.25, -0.2) is 0 Å². The van der Waals surface area contributed by atoms with Crippen LogP contribution in [0.5, 0.6) is 0 Å². The van der Waals surface area contributed by atoms with Crippen LogP contribution in [0.3, 0.4) is 0 Å². The first-order chi connectivity index (χ1) is 20.7. The van der Waals surface area contributed by atoms with E-state index in [0.717, 1.165) is 19.3 Å². The SMILES string of the molecule is C[CH]COC(C)COC(C)COC(C)COC(C)COC(C)CCCCCCCCCCCCCCCCCCC(=O)O. The standard InChI is InChI=1S/C36H71O7/c1-7-26-39-32(3)27-41-34(5)29-43-35(6)30-42-33(4)28-40-31(2)24-22-20-18-16-14-12-10-8-9-11-13-15-17-19-21-23-25-36(37)38/h7,31-35H,8-30H2,1-6H3,(H,37,38). The van der Waals surface area contributed by atoms with Crippen molar-refractivity contribution in [2.24, 2.45) is 0 Å². The second-order valence-corrected chi connectivity index (χ2v) is 12.7. The van der Waals surface area contributed by atoms with Crippen LogP contribution >= 0.6 is 0 Å². The third-order valence-corrected chi connectivity index (χ3v) is 7.76. The first kappa shape index (κ1) is 42.3. The number of aliphatic carboxylic acids is 1. The number of hydrogen-bond acceptors (Lipinski definition) is 6. The van der Waals surface area contributed by atoms with Gasteiger partial charge in [0.15, 0.2) is 0 Å². The molecule has 0 spiro atoms. The van der Waals surface area contributed by atoms with Crippen LogP contribution in [0, 0.1) is 6.42 Å². The molecule has 0 aromatic heterocycles. The molecule has 257 valence electrons. The van der Waals surface area contributed by atoms with Gasteiger partial charge in [-0.3, -0.25) is 4.79 Å². The molecular weight excluding hydrogens is 544 g/mol. The number of carboxylic acid groups (broad SMARTS) is 1. The molecule has 0 fully saturated rings. The van der Waals surface area contributed by atoms with Gasteiger partial charge < -0.3 is 28.8 Å². The average molecular weight is 616 g/mol. The van der Waals surface area contributed by atoms with Crippen molar-refractivity contribution >= 4 is 5.97 Å². The lowest BCUT2D eigenvalue weighted by atomic mass is 10.0. The fourth-order valence-electron chi connectivity index (χ4n) is 4.92. The Kier molecular flexibility index (Phi) is 30.7. The largest absolute Gasteiger partial charge is 0.481 e. The average Bonchev–Trinajstić information content (AvgIpc) is 2.98. The van der Waals surface area contributed by atoms with E-state index in [4.69, 9.17) is 28.8 Å². The maximum Gasteiger partial charge on any atom is 0.303 e. The zero-order valence-electron chi connectivity index (χ0n) is 29.1. The van der Waals surface area contributed by atoms with Crippen molar-refractivity contribution in [3.63, 3.8) is 0 Å². The first-order valence-corrected chi connectivity index (χ1v) is 17.8. The molecule has 0 heterocycles. The Hall–Kier alpha value is -0.730. The summed E-state index contributed by atoms with van der Waals surface area (Å²) in [5.41, 5.74) is 0. The van der Waals surface area contributed by atoms with E-state index in [2.05, 4.69) is 13.8 Å². The minimum Gasteiger partial charge on any atom is -0.481 e. The molecule has 5 atom stereocenters. The van der Waals surface area contributed by atoms with Gasteiger partial charge in [0.25, 0.3) is 0 Å². The Balaban J connectivity index is 3.47. The van der Waals surface area contributed by atoms with Gasteiger partial charge in [-0.15, -0.1) is 0 Å². The molecule has 0 amide bonds. The molecule has 0 bridgehead atoms. The Morgan fingerprint density at radius 2 is 0.791 bits per heavy atom. The summed E-state index contributed by atoms with van der Waals surface area (Å²) in [4.78, 5) is 10.5. The summed E-state index contributed by atoms with van der Waals surface area (Å²) in [5.74, 6) is -0.664. The van der Waals surface area contributed by atoms with E-state index < -0.39 is 5.97 Å². The van der Waals surface area contributed by atoms with Crippen LogP contribution < -0.4 is 0 Å². The van der Waals surface area contributed by atoms with Gasteiger partial charge in [0.1, 0.15) is 0 Å². The summed E-state index contributed by atoms with van der Waals surface area (Å²) in [6.07, 6.45) is 24.4. The number of ether oxygens (including phenoxy) is 5. The summed E-state index contributed by atoms with van der Waals surface area (Å²) < 4.78 is 29.3. The normalized spacial score (nSPS) is 15.3. The summed E-state index contributed by atoms with van der Waals surface area (Å²) in [6.45, 7) is 15.2. The van der Waals surface area contributed by atoms with Gasteiger partial charge in [-0.05, 0) is 53.9 Å². The summed E-state index contributed by atoms with van der Waals surface area (Å²) >= 11 is 0. The monoisotopic (exact) mass is 616 g/mol. The predicted octanol–water partition coefficient (Wildman–Crippen LogP) is 9.34. The quantitative estimate of drug-likeness (QED) is 0.0722. The number of rotatable bonds is 34. The third kappa shape index (κ3) is 32.5. The van der Waals surface area contributed by atoms with E-state index in [9.17, 15) is 4.79 Å². The molecule has 5 unspecified atom stereocenters. The molecule has 0 aliphatic heterocycles. The zero-order valence-corrected chi connectivity index (χ0v) is 29.1. The van der Waals surface area contributed by atoms with Crippen molar-refractivity contribution in [3.8, 4) is 0 Å². The minimum atomic E-state index is -0.664. The van der Waals surface area contributed by atoms with E-state index in [0.29, 0.717) is 39.5 Å². The molecule has 1 N–H and O–H groups in total. The van der Waals surface area contributed by atoms with E-state index in [1.165, 1.54) is 89.9 Å². The summed E-state index contributed by atoms with van der Waals surface area (Å²) in [6, 6.07) is 0. The molecule has 43 heavy (non-hydrogen) atoms. The molecule has 7 heteroatoms. The topological polar surface area (TPSA) is 83.5 Å². The smallest absolute Gasteiger partial charge is 0.303 e. The van der Waals surface area contributed by atoms with Gasteiger partial charge in [0.2, 0.25) is 0 Å². The lowest BCUT2D eigenvalue weighted by Crippen LogP contribution is -2.28. The molecule has 0 saturated heterocycles. The molecule has 0 rings (SSSR count). The van der Waals surface area contributed by atoms with Gasteiger partial charge in [0, 0.05) is 13.0 Å². The van der Waals surface area contributed by atoms with Crippen LogP contribution in [0.15, 0.2) is 0 Å². The Bertz CT molecular complexity index is 588. The lowest BCUT2D eigenvalue weighted by molar-refractivity contribution is -0.137. The maximum atomic E-state index is 10.5. The third-order valence-electron chi connectivity index (χ3n) is 7.76. The van der Waals surface area contributed by atoms with Crippen LogP contribution in [-0.2, 0) is 28.5 Å². The van der Waals surface area contributed by atoms with E-state index in [1.807, 2.05) is 34.1 Å². The fraction of sp³-hybridized carbons (Fsp3) is 0.944. The van der Waals surface area contributed by atoms with Gasteiger partial charge in [0.05, 0.1) is 56.9 Å². The van der Waals surface area contributed by atoms with Crippen molar-refractivity contribution in [1.29, 1.82) is 0 Å². The van der Waals surface area contributed by atoms with Gasteiger partial charge in [-0.2, -0.15) is 0 Å². The Morgan fingerprint density at radius 3 is 1.14 bits per heavy atom. The molecule has 1 radical (unpaired) electrons. The fourth-order valence-corrected chi connectivity index (χ4v) is 4.92. The first-order valence-electron chi connectivity index (χ1n) is 17.8.